The molecular formula is C17H15BrO4. The van der Waals surface area contributed by atoms with Crippen LogP contribution in [0.1, 0.15) is 33.2 Å². The lowest BCUT2D eigenvalue weighted by molar-refractivity contribution is 0.0600. The van der Waals surface area contributed by atoms with Crippen molar-refractivity contribution in [2.75, 3.05) is 7.11 Å². The Bertz CT molecular complexity index is 692. The van der Waals surface area contributed by atoms with E-state index in [-0.39, 0.29) is 11.8 Å². The van der Waals surface area contributed by atoms with Crippen molar-refractivity contribution in [2.24, 2.45) is 0 Å². The van der Waals surface area contributed by atoms with E-state index in [1.165, 1.54) is 14.0 Å². The van der Waals surface area contributed by atoms with Gasteiger partial charge in [-0.15, -0.1) is 0 Å². The summed E-state index contributed by atoms with van der Waals surface area (Å²) in [7, 11) is 1.35. The third-order valence-electron chi connectivity index (χ3n) is 3.10. The van der Waals surface area contributed by atoms with Crippen molar-refractivity contribution in [1.29, 1.82) is 0 Å². The van der Waals surface area contributed by atoms with Crippen molar-refractivity contribution in [2.45, 2.75) is 13.5 Å². The van der Waals surface area contributed by atoms with Crippen LogP contribution in [0.5, 0.6) is 5.75 Å². The molecule has 22 heavy (non-hydrogen) atoms. The minimum Gasteiger partial charge on any atom is -0.489 e. The molecule has 0 aliphatic rings. The van der Waals surface area contributed by atoms with Crippen LogP contribution in [0.4, 0.5) is 0 Å². The first-order chi connectivity index (χ1) is 10.5. The number of carbonyl (C=O) groups excluding carboxylic acids is 2. The molecule has 0 unspecified atom stereocenters. The Morgan fingerprint density at radius 1 is 1.09 bits per heavy atom. The summed E-state index contributed by atoms with van der Waals surface area (Å²) in [6, 6.07) is 12.3. The number of hydrogen-bond acceptors (Lipinski definition) is 4. The number of ketones is 1. The zero-order valence-corrected chi connectivity index (χ0v) is 13.8. The van der Waals surface area contributed by atoms with Gasteiger partial charge >= 0.3 is 5.97 Å². The molecule has 0 aliphatic carbocycles. The van der Waals surface area contributed by atoms with Gasteiger partial charge in [0.25, 0.3) is 0 Å². The first kappa shape index (κ1) is 16.2. The van der Waals surface area contributed by atoms with E-state index in [0.29, 0.717) is 28.0 Å². The highest BCUT2D eigenvalue weighted by Crippen LogP contribution is 2.24. The molecule has 0 N–H and O–H groups in total. The maximum Gasteiger partial charge on any atom is 0.337 e. The van der Waals surface area contributed by atoms with E-state index in [1.807, 2.05) is 12.1 Å². The highest BCUT2D eigenvalue weighted by atomic mass is 79.9. The lowest BCUT2D eigenvalue weighted by Crippen LogP contribution is -2.02. The number of benzene rings is 2. The van der Waals surface area contributed by atoms with E-state index < -0.39 is 0 Å². The van der Waals surface area contributed by atoms with E-state index in [4.69, 9.17) is 4.74 Å². The number of methoxy groups -OCH3 is 1. The minimum atomic E-state index is -0.365. The van der Waals surface area contributed by atoms with Crippen molar-refractivity contribution >= 4 is 27.7 Å². The summed E-state index contributed by atoms with van der Waals surface area (Å²) >= 11 is 3.36. The van der Waals surface area contributed by atoms with E-state index in [9.17, 15) is 9.59 Å². The molecule has 4 nitrogen and oxygen atoms in total. The Kier molecular flexibility index (Phi) is 5.33. The van der Waals surface area contributed by atoms with E-state index in [0.717, 1.165) is 5.56 Å². The van der Waals surface area contributed by atoms with Gasteiger partial charge in [-0.2, -0.15) is 0 Å². The van der Waals surface area contributed by atoms with Gasteiger partial charge in [0.1, 0.15) is 12.4 Å². The van der Waals surface area contributed by atoms with Gasteiger partial charge < -0.3 is 9.47 Å². The third kappa shape index (κ3) is 3.95. The number of hydrogen-bond donors (Lipinski definition) is 0. The topological polar surface area (TPSA) is 52.6 Å². The highest BCUT2D eigenvalue weighted by molar-refractivity contribution is 9.10. The number of Topliss-reactive ketones (excluding diaryl/α,β-unsaturated/α-hetero) is 1. The Hall–Kier alpha value is -2.14. The summed E-state index contributed by atoms with van der Waals surface area (Å²) in [5.74, 6) is 0.293. The van der Waals surface area contributed by atoms with E-state index in [2.05, 4.69) is 20.7 Å². The Labute approximate surface area is 137 Å². The fraction of sp³-hybridized carbons (Fsp3) is 0.176. The predicted molar refractivity (Wildman–Crippen MR) is 86.3 cm³/mol. The van der Waals surface area contributed by atoms with Crippen LogP contribution in [0.2, 0.25) is 0 Å². The van der Waals surface area contributed by atoms with Gasteiger partial charge in [-0.05, 0) is 58.7 Å². The van der Waals surface area contributed by atoms with E-state index in [1.54, 1.807) is 30.3 Å². The fourth-order valence-corrected chi connectivity index (χ4v) is 2.53. The van der Waals surface area contributed by atoms with Crippen molar-refractivity contribution < 1.29 is 19.1 Å². The third-order valence-corrected chi connectivity index (χ3v) is 3.76. The molecule has 0 saturated carbocycles. The molecule has 0 atom stereocenters. The molecule has 2 aromatic carbocycles. The first-order valence-corrected chi connectivity index (χ1v) is 7.41. The lowest BCUT2D eigenvalue weighted by atomic mass is 10.1. The van der Waals surface area contributed by atoms with Gasteiger partial charge in [-0.1, -0.05) is 12.1 Å². The molecule has 114 valence electrons. The zero-order valence-electron chi connectivity index (χ0n) is 12.3. The van der Waals surface area contributed by atoms with Crippen LogP contribution in [0.25, 0.3) is 0 Å². The molecule has 0 bridgehead atoms. The second-order valence-corrected chi connectivity index (χ2v) is 5.53. The van der Waals surface area contributed by atoms with Crippen molar-refractivity contribution in [3.63, 3.8) is 0 Å². The molecule has 0 radical (unpaired) electrons. The van der Waals surface area contributed by atoms with Crippen LogP contribution in [-0.2, 0) is 11.3 Å². The second kappa shape index (κ2) is 7.22. The minimum absolute atomic E-state index is 0.00294. The molecule has 0 aliphatic heterocycles. The van der Waals surface area contributed by atoms with Crippen LogP contribution in [0.3, 0.4) is 0 Å². The maximum absolute atomic E-state index is 11.4. The Balaban J connectivity index is 2.02. The van der Waals surface area contributed by atoms with Gasteiger partial charge in [-0.3, -0.25) is 4.79 Å². The van der Waals surface area contributed by atoms with Crippen LogP contribution >= 0.6 is 15.9 Å². The molecule has 0 amide bonds. The van der Waals surface area contributed by atoms with Crippen molar-refractivity contribution in [1.82, 2.24) is 0 Å². The van der Waals surface area contributed by atoms with Crippen LogP contribution in [0.15, 0.2) is 46.9 Å². The number of rotatable bonds is 5. The standard InChI is InChI=1S/C17H15BrO4/c1-11(19)15-8-7-14(9-16(15)18)22-10-12-3-5-13(6-4-12)17(20)21-2/h3-9H,10H2,1-2H3. The van der Waals surface area contributed by atoms with Gasteiger partial charge in [0.15, 0.2) is 5.78 Å². The SMILES string of the molecule is COC(=O)c1ccc(COc2ccc(C(C)=O)c(Br)c2)cc1. The average Bonchev–Trinajstić information content (AvgIpc) is 2.52. The molecule has 0 aromatic heterocycles. The Morgan fingerprint density at radius 2 is 1.77 bits per heavy atom. The molecule has 0 heterocycles. The molecule has 2 aromatic rings. The summed E-state index contributed by atoms with van der Waals surface area (Å²) in [5, 5.41) is 0. The van der Waals surface area contributed by atoms with Gasteiger partial charge in [0, 0.05) is 10.0 Å². The first-order valence-electron chi connectivity index (χ1n) is 6.62. The molecule has 0 saturated heterocycles. The Morgan fingerprint density at radius 3 is 2.32 bits per heavy atom. The maximum atomic E-state index is 11.4. The number of halogens is 1. The lowest BCUT2D eigenvalue weighted by Gasteiger charge is -2.09. The predicted octanol–water partition coefficient (Wildman–Crippen LogP) is 4.02. The molecular weight excluding hydrogens is 348 g/mol. The monoisotopic (exact) mass is 362 g/mol. The number of esters is 1. The fourth-order valence-electron chi connectivity index (χ4n) is 1.89. The normalized spacial score (nSPS) is 10.1. The smallest absolute Gasteiger partial charge is 0.337 e. The molecule has 0 spiro atoms. The molecule has 5 heteroatoms. The molecule has 0 fully saturated rings. The summed E-state index contributed by atoms with van der Waals surface area (Å²) in [6.07, 6.45) is 0. The van der Waals surface area contributed by atoms with Crippen molar-refractivity contribution in [3.05, 3.63) is 63.6 Å². The van der Waals surface area contributed by atoms with Crippen LogP contribution < -0.4 is 4.74 Å². The highest BCUT2D eigenvalue weighted by Gasteiger charge is 2.07. The quantitative estimate of drug-likeness (QED) is 0.595. The van der Waals surface area contributed by atoms with Crippen LogP contribution in [-0.4, -0.2) is 18.9 Å². The average molecular weight is 363 g/mol. The number of ether oxygens (including phenoxy) is 2. The summed E-state index contributed by atoms with van der Waals surface area (Å²) < 4.78 is 11.0. The van der Waals surface area contributed by atoms with Gasteiger partial charge in [-0.25, -0.2) is 4.79 Å². The largest absolute Gasteiger partial charge is 0.489 e. The van der Waals surface area contributed by atoms with Gasteiger partial charge in [0.2, 0.25) is 0 Å². The zero-order chi connectivity index (χ0) is 16.1. The second-order valence-electron chi connectivity index (χ2n) is 4.68. The van der Waals surface area contributed by atoms with Gasteiger partial charge in [0.05, 0.1) is 12.7 Å². The number of carbonyl (C=O) groups is 2. The van der Waals surface area contributed by atoms with Crippen LogP contribution in [0, 0.1) is 0 Å². The summed E-state index contributed by atoms with van der Waals surface area (Å²) in [6.45, 7) is 1.89. The summed E-state index contributed by atoms with van der Waals surface area (Å²) in [4.78, 5) is 22.7. The van der Waals surface area contributed by atoms with E-state index >= 15 is 0 Å². The molecule has 2 rings (SSSR count). The summed E-state index contributed by atoms with van der Waals surface area (Å²) in [5.41, 5.74) is 2.05. The van der Waals surface area contributed by atoms with Crippen molar-refractivity contribution in [3.8, 4) is 5.75 Å².